The van der Waals surface area contributed by atoms with E-state index in [1.54, 1.807) is 5.01 Å². The highest BCUT2D eigenvalue weighted by atomic mass is 16.2. The number of carbonyl (C=O) groups is 1. The predicted molar refractivity (Wildman–Crippen MR) is 64.7 cm³/mol. The molecule has 1 saturated heterocycles. The summed E-state index contributed by atoms with van der Waals surface area (Å²) in [5.74, 6) is 5.91. The van der Waals surface area contributed by atoms with Crippen LogP contribution in [0.2, 0.25) is 0 Å². The zero-order valence-electron chi connectivity index (χ0n) is 10.2. The van der Waals surface area contributed by atoms with Crippen LogP contribution in [0.15, 0.2) is 0 Å². The second kappa shape index (κ2) is 7.60. The fourth-order valence-electron chi connectivity index (χ4n) is 1.80. The van der Waals surface area contributed by atoms with Crippen molar-refractivity contribution < 1.29 is 4.79 Å². The Kier molecular flexibility index (Phi) is 6.37. The van der Waals surface area contributed by atoms with Gasteiger partial charge in [0.25, 0.3) is 0 Å². The third-order valence-electron chi connectivity index (χ3n) is 2.84. The zero-order valence-corrected chi connectivity index (χ0v) is 10.2. The molecular weight excluding hydrogens is 204 g/mol. The first-order valence-electron chi connectivity index (χ1n) is 6.22. The van der Waals surface area contributed by atoms with E-state index in [1.807, 2.05) is 4.90 Å². The highest BCUT2D eigenvalue weighted by molar-refractivity contribution is 5.76. The molecule has 94 valence electrons. The Bertz CT molecular complexity index is 202. The molecule has 1 rings (SSSR count). The molecule has 5 heteroatoms. The molecule has 0 bridgehead atoms. The van der Waals surface area contributed by atoms with E-state index in [0.29, 0.717) is 6.42 Å². The van der Waals surface area contributed by atoms with Crippen molar-refractivity contribution in [3.63, 3.8) is 0 Å². The van der Waals surface area contributed by atoms with Gasteiger partial charge in [0.2, 0.25) is 5.91 Å². The summed E-state index contributed by atoms with van der Waals surface area (Å²) in [5, 5.41) is 5.07. The van der Waals surface area contributed by atoms with E-state index in [0.717, 1.165) is 52.1 Å². The van der Waals surface area contributed by atoms with Gasteiger partial charge in [-0.1, -0.05) is 6.92 Å². The van der Waals surface area contributed by atoms with Gasteiger partial charge in [-0.15, -0.1) is 0 Å². The maximum Gasteiger partial charge on any atom is 0.222 e. The maximum atomic E-state index is 11.8. The smallest absolute Gasteiger partial charge is 0.222 e. The van der Waals surface area contributed by atoms with Crippen molar-refractivity contribution in [3.05, 3.63) is 0 Å². The molecule has 0 atom stereocenters. The molecule has 1 aliphatic rings. The number of hydrogen-bond acceptors (Lipinski definition) is 4. The minimum atomic E-state index is 0.270. The Hall–Kier alpha value is -0.650. The van der Waals surface area contributed by atoms with Crippen LogP contribution in [0.1, 0.15) is 26.2 Å². The Morgan fingerprint density at radius 3 is 2.56 bits per heavy atom. The third kappa shape index (κ3) is 4.92. The van der Waals surface area contributed by atoms with Crippen LogP contribution in [0.5, 0.6) is 0 Å². The molecule has 1 aliphatic heterocycles. The standard InChI is InChI=1S/C11H24N4O/c1-2-5-13-6-3-4-11(16)14-7-9-15(12)10-8-14/h13H,2-10,12H2,1H3. The third-order valence-corrected chi connectivity index (χ3v) is 2.84. The number of rotatable bonds is 6. The van der Waals surface area contributed by atoms with Crippen molar-refractivity contribution in [1.29, 1.82) is 0 Å². The molecule has 3 N–H and O–H groups in total. The summed E-state index contributed by atoms with van der Waals surface area (Å²) < 4.78 is 0. The molecule has 1 amide bonds. The van der Waals surface area contributed by atoms with E-state index >= 15 is 0 Å². The highest BCUT2D eigenvalue weighted by Crippen LogP contribution is 2.02. The van der Waals surface area contributed by atoms with Crippen molar-refractivity contribution in [1.82, 2.24) is 15.2 Å². The number of hydrogen-bond donors (Lipinski definition) is 2. The molecular formula is C11H24N4O. The molecule has 0 radical (unpaired) electrons. The topological polar surface area (TPSA) is 61.6 Å². The van der Waals surface area contributed by atoms with E-state index in [4.69, 9.17) is 5.84 Å². The number of hydrazine groups is 1. The second-order valence-electron chi connectivity index (χ2n) is 4.27. The quantitative estimate of drug-likeness (QED) is 0.487. The van der Waals surface area contributed by atoms with Crippen LogP contribution >= 0.6 is 0 Å². The summed E-state index contributed by atoms with van der Waals surface area (Å²) >= 11 is 0. The Morgan fingerprint density at radius 2 is 1.94 bits per heavy atom. The van der Waals surface area contributed by atoms with Crippen LogP contribution in [0.3, 0.4) is 0 Å². The van der Waals surface area contributed by atoms with E-state index < -0.39 is 0 Å². The normalized spacial score (nSPS) is 17.8. The fourth-order valence-corrected chi connectivity index (χ4v) is 1.80. The van der Waals surface area contributed by atoms with Gasteiger partial charge in [-0.05, 0) is 25.9 Å². The van der Waals surface area contributed by atoms with Crippen LogP contribution < -0.4 is 11.2 Å². The summed E-state index contributed by atoms with van der Waals surface area (Å²) in [7, 11) is 0. The lowest BCUT2D eigenvalue weighted by atomic mass is 10.2. The van der Waals surface area contributed by atoms with Crippen LogP contribution in [-0.4, -0.2) is 55.1 Å². The molecule has 1 fully saturated rings. The van der Waals surface area contributed by atoms with Gasteiger partial charge < -0.3 is 10.2 Å². The molecule has 0 aromatic rings. The van der Waals surface area contributed by atoms with Gasteiger partial charge in [-0.3, -0.25) is 10.6 Å². The number of nitrogens with two attached hydrogens (primary N) is 1. The maximum absolute atomic E-state index is 11.8. The summed E-state index contributed by atoms with van der Waals surface area (Å²) in [6, 6.07) is 0. The molecule has 0 unspecified atom stereocenters. The Balaban J connectivity index is 2.06. The van der Waals surface area contributed by atoms with E-state index in [-0.39, 0.29) is 5.91 Å². The lowest BCUT2D eigenvalue weighted by Gasteiger charge is -2.32. The van der Waals surface area contributed by atoms with E-state index in [2.05, 4.69) is 12.2 Å². The van der Waals surface area contributed by atoms with Gasteiger partial charge in [-0.2, -0.15) is 0 Å². The Labute approximate surface area is 97.9 Å². The lowest BCUT2D eigenvalue weighted by molar-refractivity contribution is -0.133. The summed E-state index contributed by atoms with van der Waals surface area (Å²) in [6.45, 7) is 7.26. The molecule has 5 nitrogen and oxygen atoms in total. The first-order valence-corrected chi connectivity index (χ1v) is 6.22. The van der Waals surface area contributed by atoms with Gasteiger partial charge in [0, 0.05) is 32.6 Å². The average molecular weight is 228 g/mol. The van der Waals surface area contributed by atoms with Gasteiger partial charge in [0.1, 0.15) is 0 Å². The van der Waals surface area contributed by atoms with Gasteiger partial charge in [0.05, 0.1) is 0 Å². The molecule has 0 saturated carbocycles. The first kappa shape index (κ1) is 13.4. The van der Waals surface area contributed by atoms with Gasteiger partial charge in [-0.25, -0.2) is 5.01 Å². The SMILES string of the molecule is CCCNCCCC(=O)N1CCN(N)CC1. The van der Waals surface area contributed by atoms with Gasteiger partial charge >= 0.3 is 0 Å². The Morgan fingerprint density at radius 1 is 1.25 bits per heavy atom. The minimum absolute atomic E-state index is 0.270. The van der Waals surface area contributed by atoms with E-state index in [9.17, 15) is 4.79 Å². The molecule has 0 aromatic heterocycles. The fraction of sp³-hybridized carbons (Fsp3) is 0.909. The van der Waals surface area contributed by atoms with Crippen LogP contribution in [0, 0.1) is 0 Å². The lowest BCUT2D eigenvalue weighted by Crippen LogP contribution is -2.51. The van der Waals surface area contributed by atoms with Crippen molar-refractivity contribution in [2.75, 3.05) is 39.3 Å². The number of amides is 1. The minimum Gasteiger partial charge on any atom is -0.340 e. The number of nitrogens with one attached hydrogen (secondary N) is 1. The largest absolute Gasteiger partial charge is 0.340 e. The van der Waals surface area contributed by atoms with Gasteiger partial charge in [0.15, 0.2) is 0 Å². The molecule has 0 aromatic carbocycles. The van der Waals surface area contributed by atoms with Crippen LogP contribution in [0.4, 0.5) is 0 Å². The van der Waals surface area contributed by atoms with Crippen molar-refractivity contribution in [2.24, 2.45) is 5.84 Å². The van der Waals surface area contributed by atoms with Crippen LogP contribution in [-0.2, 0) is 4.79 Å². The second-order valence-corrected chi connectivity index (χ2v) is 4.27. The monoisotopic (exact) mass is 228 g/mol. The van der Waals surface area contributed by atoms with Crippen molar-refractivity contribution in [2.45, 2.75) is 26.2 Å². The molecule has 1 heterocycles. The zero-order chi connectivity index (χ0) is 11.8. The number of carbonyl (C=O) groups excluding carboxylic acids is 1. The summed E-state index contributed by atoms with van der Waals surface area (Å²) in [4.78, 5) is 13.7. The predicted octanol–water partition coefficient (Wildman–Crippen LogP) is -0.216. The molecule has 0 aliphatic carbocycles. The van der Waals surface area contributed by atoms with Crippen molar-refractivity contribution in [3.8, 4) is 0 Å². The number of nitrogens with zero attached hydrogens (tertiary/aromatic N) is 2. The molecule has 16 heavy (non-hydrogen) atoms. The summed E-state index contributed by atoms with van der Waals surface area (Å²) in [5.41, 5.74) is 0. The number of piperazine rings is 1. The summed E-state index contributed by atoms with van der Waals surface area (Å²) in [6.07, 6.45) is 2.73. The van der Waals surface area contributed by atoms with E-state index in [1.165, 1.54) is 0 Å². The molecule has 0 spiro atoms. The van der Waals surface area contributed by atoms with Crippen LogP contribution in [0.25, 0.3) is 0 Å². The highest BCUT2D eigenvalue weighted by Gasteiger charge is 2.18. The average Bonchev–Trinajstić information content (AvgIpc) is 2.29. The van der Waals surface area contributed by atoms with Crippen molar-refractivity contribution >= 4 is 5.91 Å². The first-order chi connectivity index (χ1) is 7.74.